The second-order valence-corrected chi connectivity index (χ2v) is 4.46. The van der Waals surface area contributed by atoms with Gasteiger partial charge in [0.1, 0.15) is 11.6 Å². The summed E-state index contributed by atoms with van der Waals surface area (Å²) in [5.74, 6) is -2.32. The summed E-state index contributed by atoms with van der Waals surface area (Å²) >= 11 is 0. The monoisotopic (exact) mass is 241 g/mol. The van der Waals surface area contributed by atoms with Gasteiger partial charge in [-0.25, -0.2) is 8.78 Å². The van der Waals surface area contributed by atoms with E-state index in [1.807, 2.05) is 0 Å². The molecule has 1 aromatic rings. The molecule has 0 aliphatic heterocycles. The number of carboxylic acid groups (broad SMARTS) is 1. The molecule has 1 aliphatic carbocycles. The number of aliphatic carboxylic acids is 1. The summed E-state index contributed by atoms with van der Waals surface area (Å²) < 4.78 is 26.6. The Labute approximate surface area is 97.2 Å². The fraction of sp³-hybridized carbons (Fsp3) is 0.417. The van der Waals surface area contributed by atoms with Crippen molar-refractivity contribution in [1.29, 1.82) is 0 Å². The molecule has 1 atom stereocenters. The average molecular weight is 241 g/mol. The first kappa shape index (κ1) is 12.0. The van der Waals surface area contributed by atoms with Gasteiger partial charge >= 0.3 is 5.97 Å². The molecule has 0 saturated heterocycles. The van der Waals surface area contributed by atoms with Crippen molar-refractivity contribution in [3.63, 3.8) is 0 Å². The van der Waals surface area contributed by atoms with E-state index < -0.39 is 29.1 Å². The maximum absolute atomic E-state index is 13.5. The Hall–Kier alpha value is -1.49. The van der Waals surface area contributed by atoms with Crippen LogP contribution in [-0.4, -0.2) is 11.1 Å². The zero-order valence-electron chi connectivity index (χ0n) is 9.12. The van der Waals surface area contributed by atoms with Crippen LogP contribution in [0.4, 0.5) is 8.78 Å². The summed E-state index contributed by atoms with van der Waals surface area (Å²) in [5, 5.41) is 9.18. The van der Waals surface area contributed by atoms with Crippen molar-refractivity contribution < 1.29 is 18.7 Å². The van der Waals surface area contributed by atoms with E-state index in [1.165, 1.54) is 0 Å². The Balaban J connectivity index is 2.39. The lowest BCUT2D eigenvalue weighted by molar-refractivity contribution is -0.156. The van der Waals surface area contributed by atoms with Crippen molar-refractivity contribution in [2.75, 3.05) is 0 Å². The van der Waals surface area contributed by atoms with Crippen LogP contribution >= 0.6 is 0 Å². The summed E-state index contributed by atoms with van der Waals surface area (Å²) in [7, 11) is 0. The molecule has 0 radical (unpaired) electrons. The highest BCUT2D eigenvalue weighted by atomic mass is 19.1. The number of rotatable bonds is 3. The molecule has 17 heavy (non-hydrogen) atoms. The van der Waals surface area contributed by atoms with Gasteiger partial charge in [0.05, 0.1) is 5.41 Å². The molecule has 1 aliphatic rings. The van der Waals surface area contributed by atoms with Crippen LogP contribution in [0.2, 0.25) is 0 Å². The minimum atomic E-state index is -1.14. The zero-order chi connectivity index (χ0) is 12.6. The number of benzene rings is 1. The van der Waals surface area contributed by atoms with Crippen molar-refractivity contribution in [3.05, 3.63) is 35.4 Å². The summed E-state index contributed by atoms with van der Waals surface area (Å²) in [5.41, 5.74) is 4.61. The van der Waals surface area contributed by atoms with E-state index in [4.69, 9.17) is 5.73 Å². The topological polar surface area (TPSA) is 63.3 Å². The van der Waals surface area contributed by atoms with Crippen LogP contribution in [0.1, 0.15) is 30.9 Å². The highest BCUT2D eigenvalue weighted by molar-refractivity contribution is 5.77. The SMILES string of the molecule is NC(c1cc(F)ccc1F)C1(C(=O)O)CCC1. The molecule has 1 fully saturated rings. The fourth-order valence-corrected chi connectivity index (χ4v) is 2.27. The average Bonchev–Trinajstić information content (AvgIpc) is 2.19. The van der Waals surface area contributed by atoms with Crippen molar-refractivity contribution in [2.45, 2.75) is 25.3 Å². The van der Waals surface area contributed by atoms with Crippen LogP contribution < -0.4 is 5.73 Å². The predicted octanol–water partition coefficient (Wildman–Crippen LogP) is 2.22. The molecule has 5 heteroatoms. The normalized spacial score (nSPS) is 19.5. The van der Waals surface area contributed by atoms with Crippen LogP contribution in [0.25, 0.3) is 0 Å². The van der Waals surface area contributed by atoms with E-state index in [0.717, 1.165) is 24.6 Å². The van der Waals surface area contributed by atoms with Gasteiger partial charge in [-0.1, -0.05) is 6.42 Å². The molecule has 3 nitrogen and oxygen atoms in total. The van der Waals surface area contributed by atoms with E-state index >= 15 is 0 Å². The molecular weight excluding hydrogens is 228 g/mol. The van der Waals surface area contributed by atoms with Gasteiger partial charge in [0, 0.05) is 11.6 Å². The smallest absolute Gasteiger partial charge is 0.311 e. The van der Waals surface area contributed by atoms with Crippen molar-refractivity contribution >= 4 is 5.97 Å². The fourth-order valence-electron chi connectivity index (χ4n) is 2.27. The second kappa shape index (κ2) is 4.07. The number of hydrogen-bond donors (Lipinski definition) is 2. The van der Waals surface area contributed by atoms with Crippen LogP contribution in [0.3, 0.4) is 0 Å². The van der Waals surface area contributed by atoms with E-state index in [-0.39, 0.29) is 5.56 Å². The van der Waals surface area contributed by atoms with Crippen molar-refractivity contribution in [3.8, 4) is 0 Å². The van der Waals surface area contributed by atoms with Crippen LogP contribution in [0.15, 0.2) is 18.2 Å². The second-order valence-electron chi connectivity index (χ2n) is 4.46. The van der Waals surface area contributed by atoms with Crippen LogP contribution in [0.5, 0.6) is 0 Å². The summed E-state index contributed by atoms with van der Waals surface area (Å²) in [6.07, 6.45) is 1.55. The molecule has 3 N–H and O–H groups in total. The van der Waals surface area contributed by atoms with Gasteiger partial charge in [-0.3, -0.25) is 4.79 Å². The third-order valence-corrected chi connectivity index (χ3v) is 3.56. The number of carbonyl (C=O) groups is 1. The van der Waals surface area contributed by atoms with Gasteiger partial charge in [-0.2, -0.15) is 0 Å². The first-order chi connectivity index (χ1) is 7.97. The first-order valence-electron chi connectivity index (χ1n) is 5.41. The molecule has 0 aromatic heterocycles. The minimum absolute atomic E-state index is 0.0629. The first-order valence-corrected chi connectivity index (χ1v) is 5.41. The Kier molecular flexibility index (Phi) is 2.87. The Morgan fingerprint density at radius 2 is 2.06 bits per heavy atom. The summed E-state index contributed by atoms with van der Waals surface area (Å²) in [4.78, 5) is 11.2. The highest BCUT2D eigenvalue weighted by Gasteiger charge is 2.50. The van der Waals surface area contributed by atoms with Gasteiger partial charge in [0.2, 0.25) is 0 Å². The van der Waals surface area contributed by atoms with Crippen molar-refractivity contribution in [1.82, 2.24) is 0 Å². The molecule has 0 spiro atoms. The number of carboxylic acids is 1. The van der Waals surface area contributed by atoms with Gasteiger partial charge in [0.25, 0.3) is 0 Å². The number of nitrogens with two attached hydrogens (primary N) is 1. The van der Waals surface area contributed by atoms with Gasteiger partial charge < -0.3 is 10.8 Å². The van der Waals surface area contributed by atoms with Gasteiger partial charge in [-0.05, 0) is 31.0 Å². The van der Waals surface area contributed by atoms with E-state index in [1.54, 1.807) is 0 Å². The predicted molar refractivity (Wildman–Crippen MR) is 57.2 cm³/mol. The molecule has 92 valence electrons. The highest BCUT2D eigenvalue weighted by Crippen LogP contribution is 2.49. The molecule has 1 unspecified atom stereocenters. The molecule has 0 bridgehead atoms. The standard InChI is InChI=1S/C12H13F2NO2/c13-7-2-3-9(14)8(6-7)10(15)12(11(16)17)4-1-5-12/h2-3,6,10H,1,4-5,15H2,(H,16,17). The molecule has 0 heterocycles. The van der Waals surface area contributed by atoms with E-state index in [2.05, 4.69) is 0 Å². The zero-order valence-corrected chi connectivity index (χ0v) is 9.12. The lowest BCUT2D eigenvalue weighted by atomic mass is 9.62. The van der Waals surface area contributed by atoms with Gasteiger partial charge in [0.15, 0.2) is 0 Å². The van der Waals surface area contributed by atoms with E-state index in [9.17, 15) is 18.7 Å². The Morgan fingerprint density at radius 3 is 2.53 bits per heavy atom. The van der Waals surface area contributed by atoms with Gasteiger partial charge in [-0.15, -0.1) is 0 Å². The third kappa shape index (κ3) is 1.80. The summed E-state index contributed by atoms with van der Waals surface area (Å²) in [6, 6.07) is 1.92. The molecule has 1 aromatic carbocycles. The maximum Gasteiger partial charge on any atom is 0.311 e. The quantitative estimate of drug-likeness (QED) is 0.852. The molecule has 0 amide bonds. The largest absolute Gasteiger partial charge is 0.481 e. The van der Waals surface area contributed by atoms with E-state index in [0.29, 0.717) is 12.8 Å². The number of halogens is 2. The molecule has 1 saturated carbocycles. The summed E-state index contributed by atoms with van der Waals surface area (Å²) in [6.45, 7) is 0. The lowest BCUT2D eigenvalue weighted by Crippen LogP contribution is -2.47. The maximum atomic E-state index is 13.5. The Morgan fingerprint density at radius 1 is 1.41 bits per heavy atom. The molecular formula is C12H13F2NO2. The van der Waals surface area contributed by atoms with Crippen LogP contribution in [-0.2, 0) is 4.79 Å². The lowest BCUT2D eigenvalue weighted by Gasteiger charge is -2.42. The third-order valence-electron chi connectivity index (χ3n) is 3.56. The minimum Gasteiger partial charge on any atom is -0.481 e. The van der Waals surface area contributed by atoms with Crippen molar-refractivity contribution in [2.24, 2.45) is 11.1 Å². The van der Waals surface area contributed by atoms with Crippen LogP contribution in [0, 0.1) is 17.0 Å². The Bertz CT molecular complexity index is 458. The number of hydrogen-bond acceptors (Lipinski definition) is 2. The molecule has 2 rings (SSSR count).